The van der Waals surface area contributed by atoms with E-state index in [0.717, 1.165) is 12.5 Å². The standard InChI is InChI=1S/C15H22F3N3O.HI/c1-4-7-20-14(19)21-9-11-5-6-12(22-10(2)3)8-13(11)15(16,17)18;/h5-6,8,10H,4,7,9H2,1-3H3,(H3,19,20,21);1H. The Bertz CT molecular complexity index is 519. The molecule has 0 fully saturated rings. The van der Waals surface area contributed by atoms with Gasteiger partial charge in [-0.05, 0) is 38.0 Å². The Hall–Kier alpha value is -1.19. The van der Waals surface area contributed by atoms with Gasteiger partial charge in [0.1, 0.15) is 5.75 Å². The van der Waals surface area contributed by atoms with Crippen LogP contribution in [0.5, 0.6) is 5.75 Å². The van der Waals surface area contributed by atoms with Crippen molar-refractivity contribution < 1.29 is 17.9 Å². The van der Waals surface area contributed by atoms with Crippen LogP contribution < -0.4 is 15.8 Å². The SMILES string of the molecule is CCCNC(N)=NCc1ccc(OC(C)C)cc1C(F)(F)F.I. The molecule has 0 aliphatic carbocycles. The number of hydrogen-bond donors (Lipinski definition) is 2. The van der Waals surface area contributed by atoms with Crippen LogP contribution in [0.2, 0.25) is 0 Å². The summed E-state index contributed by atoms with van der Waals surface area (Å²) in [5.74, 6) is 0.324. The van der Waals surface area contributed by atoms with Crippen LogP contribution in [-0.4, -0.2) is 18.6 Å². The molecule has 0 atom stereocenters. The van der Waals surface area contributed by atoms with Crippen molar-refractivity contribution in [3.8, 4) is 5.75 Å². The highest BCUT2D eigenvalue weighted by atomic mass is 127. The van der Waals surface area contributed by atoms with E-state index in [-0.39, 0.29) is 53.9 Å². The Balaban J connectivity index is 0.00000484. The van der Waals surface area contributed by atoms with Gasteiger partial charge in [0.15, 0.2) is 5.96 Å². The van der Waals surface area contributed by atoms with Gasteiger partial charge in [-0.3, -0.25) is 0 Å². The number of halogens is 4. The maximum atomic E-state index is 13.1. The minimum absolute atomic E-state index is 0. The summed E-state index contributed by atoms with van der Waals surface area (Å²) in [7, 11) is 0. The highest BCUT2D eigenvalue weighted by molar-refractivity contribution is 14.0. The molecule has 8 heteroatoms. The van der Waals surface area contributed by atoms with Crippen LogP contribution in [0.25, 0.3) is 0 Å². The van der Waals surface area contributed by atoms with Gasteiger partial charge in [0.05, 0.1) is 18.2 Å². The summed E-state index contributed by atoms with van der Waals surface area (Å²) in [5, 5.41) is 2.82. The maximum Gasteiger partial charge on any atom is 0.416 e. The molecule has 1 aromatic rings. The topological polar surface area (TPSA) is 59.6 Å². The molecule has 0 radical (unpaired) electrons. The molecule has 23 heavy (non-hydrogen) atoms. The fourth-order valence-electron chi connectivity index (χ4n) is 1.78. The van der Waals surface area contributed by atoms with Gasteiger partial charge in [-0.15, -0.1) is 24.0 Å². The zero-order chi connectivity index (χ0) is 16.8. The fraction of sp³-hybridized carbons (Fsp3) is 0.533. The van der Waals surface area contributed by atoms with Crippen LogP contribution in [0.4, 0.5) is 13.2 Å². The molecule has 0 aromatic heterocycles. The third-order valence-corrected chi connectivity index (χ3v) is 2.73. The average Bonchev–Trinajstić information content (AvgIpc) is 2.42. The van der Waals surface area contributed by atoms with Crippen molar-refractivity contribution in [1.29, 1.82) is 0 Å². The third-order valence-electron chi connectivity index (χ3n) is 2.73. The first kappa shape index (κ1) is 21.8. The molecule has 3 N–H and O–H groups in total. The minimum atomic E-state index is -4.47. The first-order chi connectivity index (χ1) is 10.2. The van der Waals surface area contributed by atoms with Crippen molar-refractivity contribution in [3.63, 3.8) is 0 Å². The molecule has 0 heterocycles. The number of guanidine groups is 1. The maximum absolute atomic E-state index is 13.1. The lowest BCUT2D eigenvalue weighted by atomic mass is 10.1. The smallest absolute Gasteiger partial charge is 0.416 e. The third kappa shape index (κ3) is 7.76. The molecular weight excluding hydrogens is 422 g/mol. The van der Waals surface area contributed by atoms with Crippen molar-refractivity contribution >= 4 is 29.9 Å². The van der Waals surface area contributed by atoms with Crippen molar-refractivity contribution in [3.05, 3.63) is 29.3 Å². The van der Waals surface area contributed by atoms with Gasteiger partial charge >= 0.3 is 6.18 Å². The molecule has 0 aliphatic heterocycles. The van der Waals surface area contributed by atoms with E-state index in [4.69, 9.17) is 10.5 Å². The lowest BCUT2D eigenvalue weighted by Crippen LogP contribution is -2.32. The lowest BCUT2D eigenvalue weighted by molar-refractivity contribution is -0.138. The first-order valence-corrected chi connectivity index (χ1v) is 7.14. The lowest BCUT2D eigenvalue weighted by Gasteiger charge is -2.16. The van der Waals surface area contributed by atoms with Gasteiger partial charge in [0, 0.05) is 6.54 Å². The summed E-state index contributed by atoms with van der Waals surface area (Å²) in [6, 6.07) is 3.88. The number of benzene rings is 1. The van der Waals surface area contributed by atoms with E-state index in [1.807, 2.05) is 6.92 Å². The second-order valence-electron chi connectivity index (χ2n) is 5.11. The number of aliphatic imine (C=N–C) groups is 1. The van der Waals surface area contributed by atoms with E-state index >= 15 is 0 Å². The number of ether oxygens (including phenoxy) is 1. The van der Waals surface area contributed by atoms with Gasteiger partial charge in [0.2, 0.25) is 0 Å². The van der Waals surface area contributed by atoms with E-state index in [2.05, 4.69) is 10.3 Å². The van der Waals surface area contributed by atoms with Gasteiger partial charge in [0.25, 0.3) is 0 Å². The van der Waals surface area contributed by atoms with E-state index in [1.54, 1.807) is 13.8 Å². The van der Waals surface area contributed by atoms with E-state index in [9.17, 15) is 13.2 Å². The number of nitrogens with one attached hydrogen (secondary N) is 1. The summed E-state index contributed by atoms with van der Waals surface area (Å²) < 4.78 is 44.7. The Morgan fingerprint density at radius 1 is 1.35 bits per heavy atom. The number of hydrogen-bond acceptors (Lipinski definition) is 2. The Labute approximate surface area is 151 Å². The van der Waals surface area contributed by atoms with Gasteiger partial charge in [-0.1, -0.05) is 13.0 Å². The quantitative estimate of drug-likeness (QED) is 0.397. The van der Waals surface area contributed by atoms with Crippen LogP contribution in [0.3, 0.4) is 0 Å². The van der Waals surface area contributed by atoms with E-state index in [1.165, 1.54) is 12.1 Å². The molecule has 0 aliphatic rings. The van der Waals surface area contributed by atoms with Gasteiger partial charge in [-0.25, -0.2) is 4.99 Å². The highest BCUT2D eigenvalue weighted by Gasteiger charge is 2.33. The van der Waals surface area contributed by atoms with E-state index in [0.29, 0.717) is 6.54 Å². The minimum Gasteiger partial charge on any atom is -0.491 e. The molecular formula is C15H23F3IN3O. The molecule has 1 rings (SSSR count). The molecule has 0 bridgehead atoms. The predicted molar refractivity (Wildman–Crippen MR) is 96.2 cm³/mol. The van der Waals surface area contributed by atoms with Gasteiger partial charge < -0.3 is 15.8 Å². The van der Waals surface area contributed by atoms with Crippen LogP contribution in [0.15, 0.2) is 23.2 Å². The summed E-state index contributed by atoms with van der Waals surface area (Å²) in [6.07, 6.45) is -3.81. The van der Waals surface area contributed by atoms with Crippen LogP contribution in [-0.2, 0) is 12.7 Å². The number of alkyl halides is 3. The van der Waals surface area contributed by atoms with E-state index < -0.39 is 11.7 Å². The number of nitrogens with two attached hydrogens (primary N) is 1. The average molecular weight is 445 g/mol. The Kier molecular flexibility index (Phi) is 9.33. The number of rotatable bonds is 6. The summed E-state index contributed by atoms with van der Waals surface area (Å²) in [5.41, 5.74) is 4.90. The monoisotopic (exact) mass is 445 g/mol. The molecule has 0 spiro atoms. The largest absolute Gasteiger partial charge is 0.491 e. The van der Waals surface area contributed by atoms with Crippen LogP contribution in [0.1, 0.15) is 38.3 Å². The van der Waals surface area contributed by atoms with Gasteiger partial charge in [-0.2, -0.15) is 13.2 Å². The molecule has 0 saturated heterocycles. The van der Waals surface area contributed by atoms with Crippen molar-refractivity contribution in [2.24, 2.45) is 10.7 Å². The molecule has 132 valence electrons. The molecule has 0 unspecified atom stereocenters. The highest BCUT2D eigenvalue weighted by Crippen LogP contribution is 2.35. The predicted octanol–water partition coefficient (Wildman–Crippen LogP) is 3.92. The van der Waals surface area contributed by atoms with Crippen molar-refractivity contribution in [2.45, 2.75) is 46.0 Å². The molecule has 0 saturated carbocycles. The van der Waals surface area contributed by atoms with Crippen molar-refractivity contribution in [2.75, 3.05) is 6.54 Å². The first-order valence-electron chi connectivity index (χ1n) is 7.14. The summed E-state index contributed by atoms with van der Waals surface area (Å²) in [6.45, 7) is 5.95. The summed E-state index contributed by atoms with van der Waals surface area (Å²) >= 11 is 0. The van der Waals surface area contributed by atoms with Crippen LogP contribution in [0, 0.1) is 0 Å². The normalized spacial score (nSPS) is 12.0. The zero-order valence-corrected chi connectivity index (χ0v) is 15.7. The number of nitrogens with zero attached hydrogens (tertiary/aromatic N) is 1. The second-order valence-corrected chi connectivity index (χ2v) is 5.11. The molecule has 0 amide bonds. The van der Waals surface area contributed by atoms with Crippen molar-refractivity contribution in [1.82, 2.24) is 5.32 Å². The second kappa shape index (κ2) is 9.84. The molecule has 1 aromatic carbocycles. The fourth-order valence-corrected chi connectivity index (χ4v) is 1.78. The Morgan fingerprint density at radius 3 is 2.52 bits per heavy atom. The van der Waals surface area contributed by atoms with Crippen LogP contribution >= 0.6 is 24.0 Å². The summed E-state index contributed by atoms with van der Waals surface area (Å²) in [4.78, 5) is 3.94. The molecule has 4 nitrogen and oxygen atoms in total. The Morgan fingerprint density at radius 2 is 2.00 bits per heavy atom. The zero-order valence-electron chi connectivity index (χ0n) is 13.4.